The molecule has 0 saturated carbocycles. The summed E-state index contributed by atoms with van der Waals surface area (Å²) in [5.74, 6) is 0.361. The summed E-state index contributed by atoms with van der Waals surface area (Å²) in [6.07, 6.45) is 0. The molecule has 0 heterocycles. The molecule has 2 rings (SSSR count). The third-order valence-corrected chi connectivity index (χ3v) is 4.57. The standard InChI is InChI=1S/C16H15NO3S/c1-11-4-5-12(2)16(13(11)3)20-21(18,19)15-8-6-14(10-17)7-9-15/h4-9H,1-3H3. The minimum atomic E-state index is -3.91. The van der Waals surface area contributed by atoms with Crippen molar-refractivity contribution in [3.63, 3.8) is 0 Å². The molecule has 0 atom stereocenters. The van der Waals surface area contributed by atoms with Gasteiger partial charge in [0, 0.05) is 0 Å². The van der Waals surface area contributed by atoms with Gasteiger partial charge in [0.1, 0.15) is 10.6 Å². The third-order valence-electron chi connectivity index (χ3n) is 3.34. The van der Waals surface area contributed by atoms with Crippen molar-refractivity contribution in [1.29, 1.82) is 5.26 Å². The second-order valence-corrected chi connectivity index (χ2v) is 6.37. The molecule has 108 valence electrons. The quantitative estimate of drug-likeness (QED) is 0.816. The van der Waals surface area contributed by atoms with Crippen molar-refractivity contribution in [1.82, 2.24) is 0 Å². The van der Waals surface area contributed by atoms with Crippen LogP contribution in [0.25, 0.3) is 0 Å². The van der Waals surface area contributed by atoms with Crippen LogP contribution in [0, 0.1) is 32.1 Å². The molecule has 0 aliphatic carbocycles. The van der Waals surface area contributed by atoms with Gasteiger partial charge in [-0.05, 0) is 61.7 Å². The summed E-state index contributed by atoms with van der Waals surface area (Å²) in [6.45, 7) is 5.53. The second-order valence-electron chi connectivity index (χ2n) is 4.83. The van der Waals surface area contributed by atoms with E-state index in [0.29, 0.717) is 11.3 Å². The van der Waals surface area contributed by atoms with Gasteiger partial charge < -0.3 is 4.18 Å². The summed E-state index contributed by atoms with van der Waals surface area (Å²) in [6, 6.07) is 11.3. The Kier molecular flexibility index (Phi) is 4.01. The lowest BCUT2D eigenvalue weighted by atomic mass is 10.1. The molecule has 0 unspecified atom stereocenters. The van der Waals surface area contributed by atoms with Gasteiger partial charge in [-0.2, -0.15) is 13.7 Å². The van der Waals surface area contributed by atoms with Crippen molar-refractivity contribution in [3.05, 3.63) is 58.7 Å². The molecule has 0 aromatic heterocycles. The van der Waals surface area contributed by atoms with Crippen LogP contribution in [0.4, 0.5) is 0 Å². The molecule has 0 saturated heterocycles. The van der Waals surface area contributed by atoms with E-state index in [2.05, 4.69) is 0 Å². The Hall–Kier alpha value is -2.32. The lowest BCUT2D eigenvalue weighted by Gasteiger charge is -2.13. The fourth-order valence-corrected chi connectivity index (χ4v) is 2.95. The number of nitrogens with zero attached hydrogens (tertiary/aromatic N) is 1. The Balaban J connectivity index is 2.42. The predicted octanol–water partition coefficient (Wildman–Crippen LogP) is 3.25. The molecule has 0 amide bonds. The Labute approximate surface area is 124 Å². The van der Waals surface area contributed by atoms with Gasteiger partial charge >= 0.3 is 10.1 Å². The Bertz CT molecular complexity index is 816. The smallest absolute Gasteiger partial charge is 0.339 e. The number of hydrogen-bond acceptors (Lipinski definition) is 4. The van der Waals surface area contributed by atoms with Gasteiger partial charge in [0.05, 0.1) is 11.6 Å². The molecule has 0 fully saturated rings. The molecule has 0 N–H and O–H groups in total. The zero-order valence-corrected chi connectivity index (χ0v) is 12.9. The maximum Gasteiger partial charge on any atom is 0.339 e. The second kappa shape index (κ2) is 5.58. The van der Waals surface area contributed by atoms with E-state index < -0.39 is 10.1 Å². The number of rotatable bonds is 3. The van der Waals surface area contributed by atoms with Gasteiger partial charge in [-0.25, -0.2) is 0 Å². The number of benzene rings is 2. The van der Waals surface area contributed by atoms with E-state index in [1.165, 1.54) is 24.3 Å². The average Bonchev–Trinajstić information content (AvgIpc) is 2.48. The van der Waals surface area contributed by atoms with Crippen molar-refractivity contribution in [2.45, 2.75) is 25.7 Å². The van der Waals surface area contributed by atoms with Gasteiger partial charge in [0.15, 0.2) is 0 Å². The van der Waals surface area contributed by atoms with Gasteiger partial charge in [0.25, 0.3) is 0 Å². The first-order valence-corrected chi connectivity index (χ1v) is 7.77. The number of aryl methyl sites for hydroxylation is 2. The summed E-state index contributed by atoms with van der Waals surface area (Å²) in [5.41, 5.74) is 2.92. The highest BCUT2D eigenvalue weighted by atomic mass is 32.2. The fourth-order valence-electron chi connectivity index (χ4n) is 1.91. The van der Waals surface area contributed by atoms with Crippen molar-refractivity contribution < 1.29 is 12.6 Å². The maximum atomic E-state index is 12.3. The summed E-state index contributed by atoms with van der Waals surface area (Å²) >= 11 is 0. The van der Waals surface area contributed by atoms with Crippen LogP contribution in [0.2, 0.25) is 0 Å². The molecule has 5 heteroatoms. The van der Waals surface area contributed by atoms with E-state index in [4.69, 9.17) is 9.44 Å². The van der Waals surface area contributed by atoms with E-state index in [9.17, 15) is 8.42 Å². The first kappa shape index (κ1) is 15.1. The van der Waals surface area contributed by atoms with Crippen LogP contribution < -0.4 is 4.18 Å². The summed E-state index contributed by atoms with van der Waals surface area (Å²) in [4.78, 5) is 0.0295. The Morgan fingerprint density at radius 3 is 2.10 bits per heavy atom. The number of hydrogen-bond donors (Lipinski definition) is 0. The topological polar surface area (TPSA) is 67.2 Å². The molecular weight excluding hydrogens is 286 g/mol. The highest BCUT2D eigenvalue weighted by molar-refractivity contribution is 7.87. The molecule has 21 heavy (non-hydrogen) atoms. The van der Waals surface area contributed by atoms with Gasteiger partial charge in [-0.15, -0.1) is 0 Å². The molecule has 0 radical (unpaired) electrons. The normalized spacial score (nSPS) is 11.0. The summed E-state index contributed by atoms with van der Waals surface area (Å²) < 4.78 is 29.9. The van der Waals surface area contributed by atoms with Crippen LogP contribution in [0.3, 0.4) is 0 Å². The van der Waals surface area contributed by atoms with Crippen LogP contribution >= 0.6 is 0 Å². The number of nitriles is 1. The third kappa shape index (κ3) is 3.06. The van der Waals surface area contributed by atoms with Gasteiger partial charge in [0.2, 0.25) is 0 Å². The van der Waals surface area contributed by atoms with E-state index in [1.54, 1.807) is 6.92 Å². The van der Waals surface area contributed by atoms with Crippen LogP contribution in [-0.4, -0.2) is 8.42 Å². The van der Waals surface area contributed by atoms with Crippen molar-refractivity contribution >= 4 is 10.1 Å². The van der Waals surface area contributed by atoms with Crippen LogP contribution in [0.5, 0.6) is 5.75 Å². The highest BCUT2D eigenvalue weighted by Gasteiger charge is 2.19. The molecule has 0 bridgehead atoms. The van der Waals surface area contributed by atoms with Crippen LogP contribution in [-0.2, 0) is 10.1 Å². The maximum absolute atomic E-state index is 12.3. The molecule has 2 aromatic carbocycles. The van der Waals surface area contributed by atoms with Crippen LogP contribution in [0.1, 0.15) is 22.3 Å². The van der Waals surface area contributed by atoms with E-state index in [1.807, 2.05) is 32.0 Å². The fraction of sp³-hybridized carbons (Fsp3) is 0.188. The minimum Gasteiger partial charge on any atom is -0.378 e. The first-order valence-electron chi connectivity index (χ1n) is 6.36. The zero-order chi connectivity index (χ0) is 15.6. The summed E-state index contributed by atoms with van der Waals surface area (Å²) in [7, 11) is -3.91. The Morgan fingerprint density at radius 2 is 1.52 bits per heavy atom. The lowest BCUT2D eigenvalue weighted by Crippen LogP contribution is -2.11. The molecule has 0 aliphatic heterocycles. The minimum absolute atomic E-state index is 0.0295. The SMILES string of the molecule is Cc1ccc(C)c(OS(=O)(=O)c2ccc(C#N)cc2)c1C. The lowest BCUT2D eigenvalue weighted by molar-refractivity contribution is 0.482. The molecular formula is C16H15NO3S. The predicted molar refractivity (Wildman–Crippen MR) is 79.6 cm³/mol. The first-order chi connectivity index (χ1) is 9.85. The molecule has 0 aliphatic rings. The monoisotopic (exact) mass is 301 g/mol. The highest BCUT2D eigenvalue weighted by Crippen LogP contribution is 2.28. The summed E-state index contributed by atoms with van der Waals surface area (Å²) in [5, 5.41) is 8.74. The van der Waals surface area contributed by atoms with Crippen molar-refractivity contribution in [2.24, 2.45) is 0 Å². The van der Waals surface area contributed by atoms with Gasteiger partial charge in [-0.3, -0.25) is 0 Å². The van der Waals surface area contributed by atoms with E-state index in [-0.39, 0.29) is 4.90 Å². The van der Waals surface area contributed by atoms with Gasteiger partial charge in [-0.1, -0.05) is 12.1 Å². The zero-order valence-electron chi connectivity index (χ0n) is 12.0. The average molecular weight is 301 g/mol. The molecule has 2 aromatic rings. The Morgan fingerprint density at radius 1 is 0.952 bits per heavy atom. The van der Waals surface area contributed by atoms with Crippen LogP contribution in [0.15, 0.2) is 41.3 Å². The van der Waals surface area contributed by atoms with E-state index >= 15 is 0 Å². The molecule has 4 nitrogen and oxygen atoms in total. The molecule has 0 spiro atoms. The van der Waals surface area contributed by atoms with Crippen molar-refractivity contribution in [3.8, 4) is 11.8 Å². The largest absolute Gasteiger partial charge is 0.378 e. The van der Waals surface area contributed by atoms with Crippen molar-refractivity contribution in [2.75, 3.05) is 0 Å². The van der Waals surface area contributed by atoms with E-state index in [0.717, 1.165) is 16.7 Å².